The molecule has 0 aliphatic heterocycles. The van der Waals surface area contributed by atoms with E-state index in [4.69, 9.17) is 4.74 Å². The highest BCUT2D eigenvalue weighted by Gasteiger charge is 2.21. The fourth-order valence-corrected chi connectivity index (χ4v) is 2.81. The Bertz CT molecular complexity index is 823. The van der Waals surface area contributed by atoms with E-state index in [1.807, 2.05) is 12.1 Å². The Morgan fingerprint density at radius 3 is 2.36 bits per heavy atom. The number of pyridine rings is 1. The fourth-order valence-electron chi connectivity index (χ4n) is 2.81. The Labute approximate surface area is 164 Å². The Kier molecular flexibility index (Phi) is 7.68. The van der Waals surface area contributed by atoms with Crippen molar-refractivity contribution in [1.29, 1.82) is 0 Å². The molecule has 0 spiro atoms. The van der Waals surface area contributed by atoms with Crippen molar-refractivity contribution in [2.45, 2.75) is 19.8 Å². The quantitative estimate of drug-likeness (QED) is 0.654. The third-order valence-electron chi connectivity index (χ3n) is 4.44. The molecule has 2 amide bonds. The lowest BCUT2D eigenvalue weighted by molar-refractivity contribution is -0.129. The number of benzene rings is 1. The Morgan fingerprint density at radius 1 is 1.04 bits per heavy atom. The second kappa shape index (κ2) is 10.2. The molecule has 2 rings (SSSR count). The van der Waals surface area contributed by atoms with E-state index < -0.39 is 5.97 Å². The number of likely N-dealkylation sites (N-methyl/N-ethyl adjacent to an activating group) is 1. The van der Waals surface area contributed by atoms with E-state index in [1.165, 1.54) is 18.9 Å². The van der Waals surface area contributed by atoms with Crippen LogP contribution in [0.15, 0.2) is 48.8 Å². The van der Waals surface area contributed by atoms with Gasteiger partial charge in [0.2, 0.25) is 11.8 Å². The molecule has 0 N–H and O–H groups in total. The molecule has 0 unspecified atom stereocenters. The average Bonchev–Trinajstić information content (AvgIpc) is 2.72. The van der Waals surface area contributed by atoms with Crippen molar-refractivity contribution >= 4 is 23.5 Å². The lowest BCUT2D eigenvalue weighted by Crippen LogP contribution is -2.36. The van der Waals surface area contributed by atoms with Gasteiger partial charge in [-0.1, -0.05) is 12.1 Å². The molecule has 2 aromatic rings. The molecule has 0 saturated carbocycles. The van der Waals surface area contributed by atoms with Crippen LogP contribution in [0, 0.1) is 0 Å². The molecule has 0 atom stereocenters. The van der Waals surface area contributed by atoms with Gasteiger partial charge in [0, 0.05) is 45.9 Å². The summed E-state index contributed by atoms with van der Waals surface area (Å²) in [4.78, 5) is 43.7. The number of carbonyl (C=O) groups is 3. The van der Waals surface area contributed by atoms with Crippen LogP contribution in [0.4, 0.5) is 5.69 Å². The third-order valence-corrected chi connectivity index (χ3v) is 4.44. The summed E-state index contributed by atoms with van der Waals surface area (Å²) in [6.07, 6.45) is 4.33. The molecular weight excluding hydrogens is 358 g/mol. The molecule has 0 aliphatic rings. The van der Waals surface area contributed by atoms with Gasteiger partial charge in [0.25, 0.3) is 0 Å². The number of hydrogen-bond acceptors (Lipinski definition) is 5. The zero-order valence-corrected chi connectivity index (χ0v) is 16.4. The highest BCUT2D eigenvalue weighted by molar-refractivity contribution is 6.02. The van der Waals surface area contributed by atoms with Crippen molar-refractivity contribution in [1.82, 2.24) is 9.88 Å². The SMILES string of the molecule is COC(=O)c1ccccc1N(CCC(=O)N(C)CCc1ccncc1)C(C)=O. The Morgan fingerprint density at radius 2 is 1.71 bits per heavy atom. The van der Waals surface area contributed by atoms with Gasteiger partial charge in [-0.15, -0.1) is 0 Å². The summed E-state index contributed by atoms with van der Waals surface area (Å²) in [6.45, 7) is 2.16. The Hall–Kier alpha value is -3.22. The van der Waals surface area contributed by atoms with Gasteiger partial charge in [0.05, 0.1) is 18.4 Å². The normalized spacial score (nSPS) is 10.2. The van der Waals surface area contributed by atoms with E-state index in [0.29, 0.717) is 17.8 Å². The first-order chi connectivity index (χ1) is 13.4. The highest BCUT2D eigenvalue weighted by atomic mass is 16.5. The van der Waals surface area contributed by atoms with Gasteiger partial charge in [0.1, 0.15) is 0 Å². The number of anilines is 1. The van der Waals surface area contributed by atoms with Gasteiger partial charge in [-0.3, -0.25) is 14.6 Å². The topological polar surface area (TPSA) is 79.8 Å². The van der Waals surface area contributed by atoms with E-state index in [2.05, 4.69) is 4.98 Å². The van der Waals surface area contributed by atoms with Crippen LogP contribution in [0.3, 0.4) is 0 Å². The summed E-state index contributed by atoms with van der Waals surface area (Å²) < 4.78 is 4.79. The third kappa shape index (κ3) is 5.64. The summed E-state index contributed by atoms with van der Waals surface area (Å²) in [7, 11) is 3.03. The van der Waals surface area contributed by atoms with Crippen LogP contribution in [0.5, 0.6) is 0 Å². The first-order valence-corrected chi connectivity index (χ1v) is 9.02. The molecule has 0 fully saturated rings. The van der Waals surface area contributed by atoms with Gasteiger partial charge in [0.15, 0.2) is 0 Å². The first kappa shape index (κ1) is 21.1. The van der Waals surface area contributed by atoms with Crippen molar-refractivity contribution in [3.8, 4) is 0 Å². The molecule has 148 valence electrons. The Balaban J connectivity index is 2.00. The van der Waals surface area contributed by atoms with Crippen molar-refractivity contribution in [3.63, 3.8) is 0 Å². The van der Waals surface area contributed by atoms with Crippen LogP contribution in [-0.4, -0.2) is 54.9 Å². The van der Waals surface area contributed by atoms with Gasteiger partial charge in [-0.2, -0.15) is 0 Å². The number of amides is 2. The zero-order valence-electron chi connectivity index (χ0n) is 16.4. The van der Waals surface area contributed by atoms with E-state index in [1.54, 1.807) is 48.6 Å². The monoisotopic (exact) mass is 383 g/mol. The molecule has 1 aromatic heterocycles. The van der Waals surface area contributed by atoms with Gasteiger partial charge in [-0.25, -0.2) is 4.79 Å². The predicted molar refractivity (Wildman–Crippen MR) is 106 cm³/mol. The van der Waals surface area contributed by atoms with Crippen molar-refractivity contribution in [2.24, 2.45) is 0 Å². The number of rotatable bonds is 8. The van der Waals surface area contributed by atoms with Crippen LogP contribution in [-0.2, 0) is 20.7 Å². The van der Waals surface area contributed by atoms with E-state index in [9.17, 15) is 14.4 Å². The number of methoxy groups -OCH3 is 1. The molecular formula is C21H25N3O4. The average molecular weight is 383 g/mol. The highest BCUT2D eigenvalue weighted by Crippen LogP contribution is 2.22. The van der Waals surface area contributed by atoms with E-state index >= 15 is 0 Å². The number of para-hydroxylation sites is 1. The first-order valence-electron chi connectivity index (χ1n) is 9.02. The maximum atomic E-state index is 12.5. The van der Waals surface area contributed by atoms with E-state index in [-0.39, 0.29) is 24.8 Å². The molecule has 28 heavy (non-hydrogen) atoms. The van der Waals surface area contributed by atoms with Crippen LogP contribution < -0.4 is 4.90 Å². The number of aromatic nitrogens is 1. The van der Waals surface area contributed by atoms with Crippen LogP contribution in [0.1, 0.15) is 29.3 Å². The van der Waals surface area contributed by atoms with Gasteiger partial charge >= 0.3 is 5.97 Å². The smallest absolute Gasteiger partial charge is 0.339 e. The molecule has 0 radical (unpaired) electrons. The maximum Gasteiger partial charge on any atom is 0.339 e. The summed E-state index contributed by atoms with van der Waals surface area (Å²) >= 11 is 0. The number of ether oxygens (including phenoxy) is 1. The molecule has 0 aliphatic carbocycles. The van der Waals surface area contributed by atoms with Crippen molar-refractivity contribution in [3.05, 3.63) is 59.9 Å². The predicted octanol–water partition coefficient (Wildman–Crippen LogP) is 2.31. The summed E-state index contributed by atoms with van der Waals surface area (Å²) in [5, 5.41) is 0. The second-order valence-electron chi connectivity index (χ2n) is 6.35. The molecule has 0 bridgehead atoms. The van der Waals surface area contributed by atoms with Crippen LogP contribution in [0.2, 0.25) is 0 Å². The minimum Gasteiger partial charge on any atom is -0.465 e. The number of carbonyl (C=O) groups excluding carboxylic acids is 3. The van der Waals surface area contributed by atoms with E-state index in [0.717, 1.165) is 12.0 Å². The number of hydrogen-bond donors (Lipinski definition) is 0. The zero-order chi connectivity index (χ0) is 20.5. The lowest BCUT2D eigenvalue weighted by atomic mass is 10.1. The molecule has 1 aromatic carbocycles. The van der Waals surface area contributed by atoms with Crippen LogP contribution in [0.25, 0.3) is 0 Å². The minimum atomic E-state index is -0.525. The van der Waals surface area contributed by atoms with Gasteiger partial charge < -0.3 is 14.5 Å². The molecule has 7 nitrogen and oxygen atoms in total. The standard InChI is InChI=1S/C21H25N3O4/c1-16(25)24(19-7-5-4-6-18(19)21(27)28-3)15-11-20(26)23(2)14-10-17-8-12-22-13-9-17/h4-9,12-13H,10-11,14-15H2,1-3H3. The number of nitrogens with zero attached hydrogens (tertiary/aromatic N) is 3. The molecule has 1 heterocycles. The van der Waals surface area contributed by atoms with Crippen molar-refractivity contribution < 1.29 is 19.1 Å². The fraction of sp³-hybridized carbons (Fsp3) is 0.333. The van der Waals surface area contributed by atoms with Gasteiger partial charge in [-0.05, 0) is 36.2 Å². The minimum absolute atomic E-state index is 0.0733. The largest absolute Gasteiger partial charge is 0.465 e. The lowest BCUT2D eigenvalue weighted by Gasteiger charge is -2.24. The summed E-state index contributed by atoms with van der Waals surface area (Å²) in [5.74, 6) is -0.845. The van der Waals surface area contributed by atoms with Crippen LogP contribution >= 0.6 is 0 Å². The number of esters is 1. The molecule has 0 saturated heterocycles. The maximum absolute atomic E-state index is 12.5. The summed E-state index contributed by atoms with van der Waals surface area (Å²) in [6, 6.07) is 10.5. The summed E-state index contributed by atoms with van der Waals surface area (Å²) in [5.41, 5.74) is 1.83. The second-order valence-corrected chi connectivity index (χ2v) is 6.35. The van der Waals surface area contributed by atoms with Crippen molar-refractivity contribution in [2.75, 3.05) is 32.1 Å². The molecule has 7 heteroatoms.